The molecule has 0 spiro atoms. The quantitative estimate of drug-likeness (QED) is 0.647. The van der Waals surface area contributed by atoms with Crippen molar-refractivity contribution in [1.29, 1.82) is 0 Å². The van der Waals surface area contributed by atoms with Crippen LogP contribution in [0.15, 0.2) is 54.9 Å². The van der Waals surface area contributed by atoms with Crippen molar-refractivity contribution < 1.29 is 13.2 Å². The molecule has 1 aromatic carbocycles. The Morgan fingerprint density at radius 1 is 0.947 bits per heavy atom. The number of nitrogens with zero attached hydrogens (tertiary/aromatic N) is 2. The van der Waals surface area contributed by atoms with Gasteiger partial charge in [0.15, 0.2) is 0 Å². The predicted octanol–water partition coefficient (Wildman–Crippen LogP) is 4.02. The van der Waals surface area contributed by atoms with Crippen molar-refractivity contribution >= 4 is 5.65 Å². The van der Waals surface area contributed by atoms with Gasteiger partial charge >= 0.3 is 6.18 Å². The molecule has 0 saturated heterocycles. The second-order valence-electron chi connectivity index (χ2n) is 4.17. The molecule has 0 unspecified atom stereocenters. The normalized spacial score (nSPS) is 11.9. The minimum Gasteiger partial charge on any atom is -0.306 e. The third-order valence-electron chi connectivity index (χ3n) is 2.87. The SMILES string of the molecule is FC(F)(F)c1ccc(-c2cn3ccccc3n2)cc1. The first kappa shape index (κ1) is 11.8. The lowest BCUT2D eigenvalue weighted by atomic mass is 10.1. The summed E-state index contributed by atoms with van der Waals surface area (Å²) >= 11 is 0. The highest BCUT2D eigenvalue weighted by Crippen LogP contribution is 2.30. The fourth-order valence-electron chi connectivity index (χ4n) is 1.90. The number of aromatic nitrogens is 2. The van der Waals surface area contributed by atoms with Crippen molar-refractivity contribution in [2.24, 2.45) is 0 Å². The van der Waals surface area contributed by atoms with Crippen LogP contribution in [-0.4, -0.2) is 9.38 Å². The van der Waals surface area contributed by atoms with Gasteiger partial charge < -0.3 is 4.40 Å². The number of hydrogen-bond acceptors (Lipinski definition) is 1. The Morgan fingerprint density at radius 2 is 1.68 bits per heavy atom. The average molecular weight is 262 g/mol. The minimum absolute atomic E-state index is 0.653. The summed E-state index contributed by atoms with van der Waals surface area (Å²) in [5.41, 5.74) is 1.43. The fourth-order valence-corrected chi connectivity index (χ4v) is 1.90. The standard InChI is InChI=1S/C14H9F3N2/c15-14(16,17)11-6-4-10(5-7-11)12-9-19-8-2-1-3-13(19)18-12/h1-9H. The monoisotopic (exact) mass is 262 g/mol. The molecule has 0 radical (unpaired) electrons. The maximum atomic E-state index is 12.5. The molecule has 0 bridgehead atoms. The molecule has 0 fully saturated rings. The molecule has 2 aromatic heterocycles. The van der Waals surface area contributed by atoms with Crippen LogP contribution in [-0.2, 0) is 6.18 Å². The van der Waals surface area contributed by atoms with Crippen LogP contribution in [0, 0.1) is 0 Å². The highest BCUT2D eigenvalue weighted by Gasteiger charge is 2.30. The lowest BCUT2D eigenvalue weighted by Crippen LogP contribution is -2.03. The van der Waals surface area contributed by atoms with Crippen LogP contribution in [0.4, 0.5) is 13.2 Å². The van der Waals surface area contributed by atoms with E-state index in [2.05, 4.69) is 4.98 Å². The summed E-state index contributed by atoms with van der Waals surface area (Å²) in [6, 6.07) is 10.6. The Bertz CT molecular complexity index is 678. The van der Waals surface area contributed by atoms with E-state index in [0.29, 0.717) is 11.3 Å². The van der Waals surface area contributed by atoms with E-state index in [0.717, 1.165) is 17.8 Å². The Labute approximate surface area is 107 Å². The van der Waals surface area contributed by atoms with Crippen LogP contribution in [0.2, 0.25) is 0 Å². The molecule has 0 atom stereocenters. The van der Waals surface area contributed by atoms with Crippen molar-refractivity contribution in [3.63, 3.8) is 0 Å². The highest BCUT2D eigenvalue weighted by molar-refractivity contribution is 5.62. The topological polar surface area (TPSA) is 17.3 Å². The Kier molecular flexibility index (Phi) is 2.55. The maximum absolute atomic E-state index is 12.5. The van der Waals surface area contributed by atoms with Crippen LogP contribution in [0.25, 0.3) is 16.9 Å². The number of halogens is 3. The number of imidazole rings is 1. The minimum atomic E-state index is -4.31. The van der Waals surface area contributed by atoms with Gasteiger partial charge in [0, 0.05) is 18.0 Å². The summed E-state index contributed by atoms with van der Waals surface area (Å²) < 4.78 is 39.2. The van der Waals surface area contributed by atoms with Crippen molar-refractivity contribution in [3.8, 4) is 11.3 Å². The smallest absolute Gasteiger partial charge is 0.306 e. The maximum Gasteiger partial charge on any atom is 0.416 e. The molecule has 0 aliphatic heterocycles. The first-order valence-corrected chi connectivity index (χ1v) is 5.65. The molecular formula is C14H9F3N2. The Morgan fingerprint density at radius 3 is 2.32 bits per heavy atom. The molecule has 19 heavy (non-hydrogen) atoms. The number of hydrogen-bond donors (Lipinski definition) is 0. The summed E-state index contributed by atoms with van der Waals surface area (Å²) in [7, 11) is 0. The van der Waals surface area contributed by atoms with Crippen LogP contribution < -0.4 is 0 Å². The van der Waals surface area contributed by atoms with E-state index in [1.807, 2.05) is 28.8 Å². The van der Waals surface area contributed by atoms with Crippen molar-refractivity contribution in [2.45, 2.75) is 6.18 Å². The Balaban J connectivity index is 2.02. The lowest BCUT2D eigenvalue weighted by molar-refractivity contribution is -0.137. The van der Waals surface area contributed by atoms with Gasteiger partial charge in [-0.2, -0.15) is 13.2 Å². The first-order valence-electron chi connectivity index (χ1n) is 5.65. The number of rotatable bonds is 1. The summed E-state index contributed by atoms with van der Waals surface area (Å²) in [6.07, 6.45) is -0.675. The molecule has 0 N–H and O–H groups in total. The van der Waals surface area contributed by atoms with Gasteiger partial charge in [0.25, 0.3) is 0 Å². The zero-order valence-electron chi connectivity index (χ0n) is 9.72. The van der Waals surface area contributed by atoms with E-state index in [4.69, 9.17) is 0 Å². The van der Waals surface area contributed by atoms with E-state index in [1.54, 1.807) is 6.20 Å². The van der Waals surface area contributed by atoms with Crippen LogP contribution in [0.3, 0.4) is 0 Å². The third-order valence-corrected chi connectivity index (χ3v) is 2.87. The molecule has 0 saturated carbocycles. The Hall–Kier alpha value is -2.30. The van der Waals surface area contributed by atoms with Crippen molar-refractivity contribution in [2.75, 3.05) is 0 Å². The average Bonchev–Trinajstić information content (AvgIpc) is 2.81. The molecule has 2 nitrogen and oxygen atoms in total. The number of alkyl halides is 3. The summed E-state index contributed by atoms with van der Waals surface area (Å²) in [4.78, 5) is 4.36. The lowest BCUT2D eigenvalue weighted by Gasteiger charge is -2.06. The summed E-state index contributed by atoms with van der Waals surface area (Å²) in [6.45, 7) is 0. The molecule has 96 valence electrons. The molecular weight excluding hydrogens is 253 g/mol. The summed E-state index contributed by atoms with van der Waals surface area (Å²) in [5.74, 6) is 0. The van der Waals surface area contributed by atoms with Gasteiger partial charge in [-0.3, -0.25) is 0 Å². The van der Waals surface area contributed by atoms with E-state index >= 15 is 0 Å². The van der Waals surface area contributed by atoms with Gasteiger partial charge in [0.2, 0.25) is 0 Å². The van der Waals surface area contributed by atoms with Gasteiger partial charge in [-0.1, -0.05) is 18.2 Å². The molecule has 2 heterocycles. The molecule has 0 aliphatic rings. The van der Waals surface area contributed by atoms with E-state index in [1.165, 1.54) is 12.1 Å². The molecule has 3 aromatic rings. The second-order valence-corrected chi connectivity index (χ2v) is 4.17. The predicted molar refractivity (Wildman–Crippen MR) is 65.6 cm³/mol. The molecule has 3 rings (SSSR count). The van der Waals surface area contributed by atoms with Crippen LogP contribution >= 0.6 is 0 Å². The second kappa shape index (κ2) is 4.12. The fraction of sp³-hybridized carbons (Fsp3) is 0.0714. The largest absolute Gasteiger partial charge is 0.416 e. The molecule has 5 heteroatoms. The van der Waals surface area contributed by atoms with Gasteiger partial charge in [-0.15, -0.1) is 0 Å². The molecule has 0 amide bonds. The van der Waals surface area contributed by atoms with Crippen LogP contribution in [0.1, 0.15) is 5.56 Å². The zero-order valence-corrected chi connectivity index (χ0v) is 9.72. The van der Waals surface area contributed by atoms with Crippen molar-refractivity contribution in [1.82, 2.24) is 9.38 Å². The van der Waals surface area contributed by atoms with E-state index < -0.39 is 11.7 Å². The zero-order chi connectivity index (χ0) is 13.5. The highest BCUT2D eigenvalue weighted by atomic mass is 19.4. The number of pyridine rings is 1. The molecule has 0 aliphatic carbocycles. The number of benzene rings is 1. The summed E-state index contributed by atoms with van der Waals surface area (Å²) in [5, 5.41) is 0. The first-order chi connectivity index (χ1) is 9.04. The van der Waals surface area contributed by atoms with Gasteiger partial charge in [-0.25, -0.2) is 4.98 Å². The number of fused-ring (bicyclic) bond motifs is 1. The van der Waals surface area contributed by atoms with E-state index in [9.17, 15) is 13.2 Å². The van der Waals surface area contributed by atoms with Crippen LogP contribution in [0.5, 0.6) is 0 Å². The van der Waals surface area contributed by atoms with Gasteiger partial charge in [0.05, 0.1) is 11.3 Å². The van der Waals surface area contributed by atoms with Crippen molar-refractivity contribution in [3.05, 3.63) is 60.4 Å². The van der Waals surface area contributed by atoms with Gasteiger partial charge in [-0.05, 0) is 24.3 Å². The van der Waals surface area contributed by atoms with E-state index in [-0.39, 0.29) is 0 Å². The third kappa shape index (κ3) is 2.19. The van der Waals surface area contributed by atoms with Gasteiger partial charge in [0.1, 0.15) is 5.65 Å².